The second-order valence-electron chi connectivity index (χ2n) is 4.42. The summed E-state index contributed by atoms with van der Waals surface area (Å²) in [7, 11) is 0. The van der Waals surface area contributed by atoms with Crippen molar-refractivity contribution in [3.8, 4) is 0 Å². The van der Waals surface area contributed by atoms with E-state index >= 15 is 0 Å². The summed E-state index contributed by atoms with van der Waals surface area (Å²) in [6.45, 7) is 2.17. The van der Waals surface area contributed by atoms with E-state index in [9.17, 15) is 14.4 Å². The molecule has 0 aromatic heterocycles. The van der Waals surface area contributed by atoms with Crippen LogP contribution in [-0.2, 0) is 19.1 Å². The Morgan fingerprint density at radius 1 is 1.28 bits per heavy atom. The highest BCUT2D eigenvalue weighted by molar-refractivity contribution is 5.84. The van der Waals surface area contributed by atoms with Crippen molar-refractivity contribution in [1.82, 2.24) is 4.90 Å². The lowest BCUT2D eigenvalue weighted by atomic mass is 10.2. The molecule has 1 saturated carbocycles. The molecule has 0 aromatic carbocycles. The first-order chi connectivity index (χ1) is 8.52. The van der Waals surface area contributed by atoms with E-state index in [1.807, 2.05) is 0 Å². The number of aliphatic carboxylic acids is 1. The van der Waals surface area contributed by atoms with Crippen LogP contribution in [0.25, 0.3) is 0 Å². The molecule has 6 heteroatoms. The van der Waals surface area contributed by atoms with Crippen LogP contribution >= 0.6 is 0 Å². The zero-order chi connectivity index (χ0) is 13.5. The van der Waals surface area contributed by atoms with Crippen LogP contribution in [0.3, 0.4) is 0 Å². The van der Waals surface area contributed by atoms with Gasteiger partial charge >= 0.3 is 11.9 Å². The highest BCUT2D eigenvalue weighted by Crippen LogP contribution is 2.29. The number of hydrogen-bond donors (Lipinski definition) is 1. The molecule has 1 N–H and O–H groups in total. The molecular weight excluding hydrogens is 238 g/mol. The number of amides is 1. The summed E-state index contributed by atoms with van der Waals surface area (Å²) < 4.78 is 4.72. The van der Waals surface area contributed by atoms with E-state index < -0.39 is 11.9 Å². The topological polar surface area (TPSA) is 83.9 Å². The molecule has 18 heavy (non-hydrogen) atoms. The van der Waals surface area contributed by atoms with Gasteiger partial charge in [-0.25, -0.2) is 0 Å². The maximum atomic E-state index is 11.8. The van der Waals surface area contributed by atoms with Gasteiger partial charge in [-0.05, 0) is 25.7 Å². The maximum Gasteiger partial charge on any atom is 0.323 e. The molecule has 0 aromatic rings. The molecule has 1 amide bonds. The standard InChI is InChI=1S/C12H19NO5/c1-2-18-12(17)6-5-10(14)13(8-11(15)16)7-9-3-4-9/h9H,2-8H2,1H3,(H,15,16). The fraction of sp³-hybridized carbons (Fsp3) is 0.750. The molecule has 0 unspecified atom stereocenters. The van der Waals surface area contributed by atoms with E-state index in [1.165, 1.54) is 4.90 Å². The number of ether oxygens (including phenoxy) is 1. The lowest BCUT2D eigenvalue weighted by Crippen LogP contribution is -2.37. The smallest absolute Gasteiger partial charge is 0.323 e. The highest BCUT2D eigenvalue weighted by Gasteiger charge is 2.27. The number of carbonyl (C=O) groups excluding carboxylic acids is 2. The van der Waals surface area contributed by atoms with Crippen LogP contribution in [-0.4, -0.2) is 47.5 Å². The van der Waals surface area contributed by atoms with Crippen molar-refractivity contribution in [3.63, 3.8) is 0 Å². The molecule has 0 atom stereocenters. The number of carbonyl (C=O) groups is 3. The van der Waals surface area contributed by atoms with Crippen molar-refractivity contribution in [1.29, 1.82) is 0 Å². The second kappa shape index (κ2) is 6.98. The minimum Gasteiger partial charge on any atom is -0.480 e. The van der Waals surface area contributed by atoms with Gasteiger partial charge < -0.3 is 14.7 Å². The molecule has 1 fully saturated rings. The molecule has 0 spiro atoms. The van der Waals surface area contributed by atoms with E-state index in [-0.39, 0.29) is 31.9 Å². The molecule has 0 heterocycles. The van der Waals surface area contributed by atoms with Gasteiger partial charge in [0.2, 0.25) is 5.91 Å². The van der Waals surface area contributed by atoms with Crippen molar-refractivity contribution < 1.29 is 24.2 Å². The Bertz CT molecular complexity index is 324. The molecule has 0 bridgehead atoms. The summed E-state index contributed by atoms with van der Waals surface area (Å²) in [5.74, 6) is -1.32. The Morgan fingerprint density at radius 3 is 2.44 bits per heavy atom. The van der Waals surface area contributed by atoms with Crippen LogP contribution < -0.4 is 0 Å². The Morgan fingerprint density at radius 2 is 1.94 bits per heavy atom. The van der Waals surface area contributed by atoms with Crippen molar-refractivity contribution in [3.05, 3.63) is 0 Å². The van der Waals surface area contributed by atoms with Crippen LogP contribution in [0, 0.1) is 5.92 Å². The van der Waals surface area contributed by atoms with Crippen molar-refractivity contribution in [2.45, 2.75) is 32.6 Å². The normalized spacial score (nSPS) is 14.1. The molecule has 0 aliphatic heterocycles. The maximum absolute atomic E-state index is 11.8. The first-order valence-electron chi connectivity index (χ1n) is 6.18. The molecule has 0 radical (unpaired) electrons. The van der Waals surface area contributed by atoms with Crippen LogP contribution in [0.15, 0.2) is 0 Å². The third kappa shape index (κ3) is 5.65. The van der Waals surface area contributed by atoms with E-state index in [0.29, 0.717) is 12.5 Å². The van der Waals surface area contributed by atoms with Crippen molar-refractivity contribution in [2.75, 3.05) is 19.7 Å². The van der Waals surface area contributed by atoms with Crippen LogP contribution in [0.4, 0.5) is 0 Å². The van der Waals surface area contributed by atoms with Gasteiger partial charge in [-0.3, -0.25) is 14.4 Å². The zero-order valence-corrected chi connectivity index (χ0v) is 10.6. The largest absolute Gasteiger partial charge is 0.480 e. The van der Waals surface area contributed by atoms with Gasteiger partial charge in [0.1, 0.15) is 6.54 Å². The van der Waals surface area contributed by atoms with Crippen molar-refractivity contribution >= 4 is 17.8 Å². The van der Waals surface area contributed by atoms with Crippen LogP contribution in [0.1, 0.15) is 32.6 Å². The predicted molar refractivity (Wildman–Crippen MR) is 62.8 cm³/mol. The van der Waals surface area contributed by atoms with Gasteiger partial charge in [0.05, 0.1) is 13.0 Å². The van der Waals surface area contributed by atoms with Crippen LogP contribution in [0.2, 0.25) is 0 Å². The Hall–Kier alpha value is -1.59. The first-order valence-corrected chi connectivity index (χ1v) is 6.18. The minimum absolute atomic E-state index is 0.00740. The average molecular weight is 257 g/mol. The van der Waals surface area contributed by atoms with Crippen molar-refractivity contribution in [2.24, 2.45) is 5.92 Å². The summed E-state index contributed by atoms with van der Waals surface area (Å²) in [5.41, 5.74) is 0. The zero-order valence-electron chi connectivity index (χ0n) is 10.6. The average Bonchev–Trinajstić information content (AvgIpc) is 3.08. The molecule has 1 aliphatic rings. The van der Waals surface area contributed by atoms with E-state index in [4.69, 9.17) is 9.84 Å². The van der Waals surface area contributed by atoms with Gasteiger partial charge in [-0.15, -0.1) is 0 Å². The summed E-state index contributed by atoms with van der Waals surface area (Å²) in [4.78, 5) is 34.9. The third-order valence-corrected chi connectivity index (χ3v) is 2.70. The predicted octanol–water partition coefficient (Wildman–Crippen LogP) is 0.653. The monoisotopic (exact) mass is 257 g/mol. The number of esters is 1. The lowest BCUT2D eigenvalue weighted by molar-refractivity contribution is -0.147. The molecule has 0 saturated heterocycles. The van der Waals surface area contributed by atoms with Gasteiger partial charge in [0.15, 0.2) is 0 Å². The third-order valence-electron chi connectivity index (χ3n) is 2.70. The molecule has 1 aliphatic carbocycles. The number of rotatable bonds is 8. The van der Waals surface area contributed by atoms with Gasteiger partial charge in [0, 0.05) is 13.0 Å². The summed E-state index contributed by atoms with van der Waals surface area (Å²) in [6, 6.07) is 0. The quantitative estimate of drug-likeness (QED) is 0.645. The first kappa shape index (κ1) is 14.5. The number of nitrogens with zero attached hydrogens (tertiary/aromatic N) is 1. The molecule has 6 nitrogen and oxygen atoms in total. The Balaban J connectivity index is 2.37. The fourth-order valence-corrected chi connectivity index (χ4v) is 1.63. The fourth-order valence-electron chi connectivity index (χ4n) is 1.63. The number of hydrogen-bond acceptors (Lipinski definition) is 4. The SMILES string of the molecule is CCOC(=O)CCC(=O)N(CC(=O)O)CC1CC1. The summed E-state index contributed by atoms with van der Waals surface area (Å²) in [6.07, 6.45) is 2.11. The molecule has 1 rings (SSSR count). The molecule has 102 valence electrons. The van der Waals surface area contributed by atoms with Gasteiger partial charge in [-0.2, -0.15) is 0 Å². The van der Waals surface area contributed by atoms with Crippen LogP contribution in [0.5, 0.6) is 0 Å². The Labute approximate surface area is 106 Å². The minimum atomic E-state index is -1.03. The number of carboxylic acids is 1. The van der Waals surface area contributed by atoms with Gasteiger partial charge in [-0.1, -0.05) is 0 Å². The number of carboxylic acid groups (broad SMARTS) is 1. The van der Waals surface area contributed by atoms with Gasteiger partial charge in [0.25, 0.3) is 0 Å². The highest BCUT2D eigenvalue weighted by atomic mass is 16.5. The summed E-state index contributed by atoms with van der Waals surface area (Å²) >= 11 is 0. The lowest BCUT2D eigenvalue weighted by Gasteiger charge is -2.20. The second-order valence-corrected chi connectivity index (χ2v) is 4.42. The molecular formula is C12H19NO5. The van der Waals surface area contributed by atoms with E-state index in [2.05, 4.69) is 0 Å². The summed E-state index contributed by atoms with van der Waals surface area (Å²) in [5, 5.41) is 8.74. The van der Waals surface area contributed by atoms with E-state index in [0.717, 1.165) is 12.8 Å². The van der Waals surface area contributed by atoms with E-state index in [1.54, 1.807) is 6.92 Å². The Kier molecular flexibility index (Phi) is 5.61.